The van der Waals surface area contributed by atoms with Crippen LogP contribution in [-0.2, 0) is 30.6 Å². The molecule has 144 valence electrons. The summed E-state index contributed by atoms with van der Waals surface area (Å²) in [6, 6.07) is 5.75. The molecule has 2 N–H and O–H groups in total. The SMILES string of the molecule is O=C(Cc1cccs1)NCCCn1nc2c(c1C(=O)O)CCc1cnccc1-2. The first-order chi connectivity index (χ1) is 13.6. The number of aromatic nitrogens is 3. The monoisotopic (exact) mass is 396 g/mol. The number of nitrogens with zero attached hydrogens (tertiary/aromatic N) is 3. The maximum Gasteiger partial charge on any atom is 0.354 e. The van der Waals surface area contributed by atoms with Gasteiger partial charge in [-0.15, -0.1) is 11.3 Å². The van der Waals surface area contributed by atoms with Crippen LogP contribution in [0.5, 0.6) is 0 Å². The van der Waals surface area contributed by atoms with Crippen molar-refractivity contribution < 1.29 is 14.7 Å². The highest BCUT2D eigenvalue weighted by molar-refractivity contribution is 7.10. The van der Waals surface area contributed by atoms with Crippen LogP contribution in [0, 0.1) is 0 Å². The van der Waals surface area contributed by atoms with Gasteiger partial charge in [0, 0.05) is 41.5 Å². The Balaban J connectivity index is 1.43. The smallest absolute Gasteiger partial charge is 0.354 e. The molecule has 0 radical (unpaired) electrons. The standard InChI is InChI=1S/C20H20N4O3S/c25-17(11-14-3-1-10-28-14)22-7-2-9-24-19(20(26)27)16-5-4-13-12-21-8-6-15(13)18(16)23-24/h1,3,6,8,10,12H,2,4-5,7,9,11H2,(H,22,25)(H,26,27). The zero-order chi connectivity index (χ0) is 19.5. The van der Waals surface area contributed by atoms with Crippen molar-refractivity contribution >= 4 is 23.2 Å². The molecule has 1 amide bonds. The van der Waals surface area contributed by atoms with Crippen molar-refractivity contribution in [1.82, 2.24) is 20.1 Å². The molecule has 4 rings (SSSR count). The average molecular weight is 396 g/mol. The Morgan fingerprint density at radius 3 is 2.96 bits per heavy atom. The molecule has 3 aromatic rings. The first-order valence-corrected chi connectivity index (χ1v) is 10.1. The Bertz CT molecular complexity index is 1010. The van der Waals surface area contributed by atoms with Crippen molar-refractivity contribution in [3.05, 3.63) is 57.7 Å². The summed E-state index contributed by atoms with van der Waals surface area (Å²) >= 11 is 1.56. The Hall–Kier alpha value is -3.00. The van der Waals surface area contributed by atoms with E-state index in [9.17, 15) is 14.7 Å². The summed E-state index contributed by atoms with van der Waals surface area (Å²) in [5, 5.41) is 19.1. The molecule has 0 aromatic carbocycles. The number of amides is 1. The summed E-state index contributed by atoms with van der Waals surface area (Å²) in [6.07, 6.45) is 5.92. The van der Waals surface area contributed by atoms with Gasteiger partial charge in [-0.25, -0.2) is 4.79 Å². The van der Waals surface area contributed by atoms with Crippen molar-refractivity contribution in [3.63, 3.8) is 0 Å². The molecule has 0 spiro atoms. The third-order valence-corrected chi connectivity index (χ3v) is 5.72. The number of thiophene rings is 1. The highest BCUT2D eigenvalue weighted by Crippen LogP contribution is 2.34. The quantitative estimate of drug-likeness (QED) is 0.598. The number of pyridine rings is 1. The van der Waals surface area contributed by atoms with Gasteiger partial charge < -0.3 is 10.4 Å². The molecule has 28 heavy (non-hydrogen) atoms. The normalized spacial score (nSPS) is 12.3. The van der Waals surface area contributed by atoms with E-state index in [-0.39, 0.29) is 11.6 Å². The van der Waals surface area contributed by atoms with Crippen LogP contribution in [0.1, 0.15) is 32.9 Å². The molecular formula is C20H20N4O3S. The van der Waals surface area contributed by atoms with Crippen LogP contribution >= 0.6 is 11.3 Å². The number of nitrogens with one attached hydrogen (secondary N) is 1. The summed E-state index contributed by atoms with van der Waals surface area (Å²) in [4.78, 5) is 29.0. The molecule has 3 heterocycles. The van der Waals surface area contributed by atoms with Crippen molar-refractivity contribution in [2.75, 3.05) is 6.54 Å². The highest BCUT2D eigenvalue weighted by Gasteiger charge is 2.27. The summed E-state index contributed by atoms with van der Waals surface area (Å²) in [5.41, 5.74) is 3.83. The lowest BCUT2D eigenvalue weighted by Gasteiger charge is -2.14. The van der Waals surface area contributed by atoms with E-state index in [1.54, 1.807) is 22.2 Å². The van der Waals surface area contributed by atoms with Gasteiger partial charge in [0.05, 0.1) is 12.1 Å². The molecule has 7 nitrogen and oxygen atoms in total. The molecule has 1 aliphatic carbocycles. The fraction of sp³-hybridized carbons (Fsp3) is 0.300. The second-order valence-corrected chi connectivity index (χ2v) is 7.73. The van der Waals surface area contributed by atoms with Gasteiger partial charge in [-0.1, -0.05) is 6.07 Å². The minimum Gasteiger partial charge on any atom is -0.477 e. The molecule has 0 bridgehead atoms. The van der Waals surface area contributed by atoms with Crippen LogP contribution in [-0.4, -0.2) is 38.3 Å². The second kappa shape index (κ2) is 7.93. The lowest BCUT2D eigenvalue weighted by molar-refractivity contribution is -0.120. The summed E-state index contributed by atoms with van der Waals surface area (Å²) < 4.78 is 1.56. The van der Waals surface area contributed by atoms with Gasteiger partial charge in [-0.05, 0) is 42.3 Å². The second-order valence-electron chi connectivity index (χ2n) is 6.70. The minimum atomic E-state index is -0.965. The number of rotatable bonds is 7. The van der Waals surface area contributed by atoms with Crippen LogP contribution in [0.15, 0.2) is 36.0 Å². The number of carboxylic acids is 1. The maximum absolute atomic E-state index is 12.0. The molecule has 1 aliphatic rings. The summed E-state index contributed by atoms with van der Waals surface area (Å²) in [7, 11) is 0. The van der Waals surface area contributed by atoms with Crippen LogP contribution in [0.25, 0.3) is 11.3 Å². The number of carboxylic acid groups (broad SMARTS) is 1. The maximum atomic E-state index is 12.0. The Morgan fingerprint density at radius 1 is 1.29 bits per heavy atom. The number of hydrogen-bond donors (Lipinski definition) is 2. The molecule has 0 saturated heterocycles. The number of fused-ring (bicyclic) bond motifs is 3. The van der Waals surface area contributed by atoms with Crippen LogP contribution < -0.4 is 5.32 Å². The highest BCUT2D eigenvalue weighted by atomic mass is 32.1. The van der Waals surface area contributed by atoms with Gasteiger partial charge in [0.2, 0.25) is 5.91 Å². The number of aryl methyl sites for hydroxylation is 2. The van der Waals surface area contributed by atoms with Gasteiger partial charge in [0.25, 0.3) is 0 Å². The minimum absolute atomic E-state index is 0.0258. The largest absolute Gasteiger partial charge is 0.477 e. The lowest BCUT2D eigenvalue weighted by Crippen LogP contribution is -2.27. The van der Waals surface area contributed by atoms with Crippen LogP contribution in [0.2, 0.25) is 0 Å². The Kier molecular flexibility index (Phi) is 5.21. The van der Waals surface area contributed by atoms with E-state index in [4.69, 9.17) is 0 Å². The Morgan fingerprint density at radius 2 is 2.18 bits per heavy atom. The predicted octanol–water partition coefficient (Wildman–Crippen LogP) is 2.55. The van der Waals surface area contributed by atoms with Crippen molar-refractivity contribution in [3.8, 4) is 11.3 Å². The Labute approximate surface area is 166 Å². The van der Waals surface area contributed by atoms with E-state index in [1.807, 2.05) is 29.8 Å². The molecule has 0 unspecified atom stereocenters. The van der Waals surface area contributed by atoms with Crippen molar-refractivity contribution in [2.24, 2.45) is 0 Å². The van der Waals surface area contributed by atoms with Gasteiger partial charge in [0.15, 0.2) is 0 Å². The van der Waals surface area contributed by atoms with Gasteiger partial charge in [-0.3, -0.25) is 14.5 Å². The average Bonchev–Trinajstić information content (AvgIpc) is 3.32. The van der Waals surface area contributed by atoms with E-state index < -0.39 is 5.97 Å². The first-order valence-electron chi connectivity index (χ1n) is 9.19. The van der Waals surface area contributed by atoms with Crippen LogP contribution in [0.4, 0.5) is 0 Å². The van der Waals surface area contributed by atoms with E-state index in [0.29, 0.717) is 32.4 Å². The fourth-order valence-corrected chi connectivity index (χ4v) is 4.26. The third kappa shape index (κ3) is 3.68. The van der Waals surface area contributed by atoms with Gasteiger partial charge >= 0.3 is 5.97 Å². The number of aromatic carboxylic acids is 1. The topological polar surface area (TPSA) is 97.1 Å². The zero-order valence-corrected chi connectivity index (χ0v) is 16.0. The molecule has 3 aromatic heterocycles. The van der Waals surface area contributed by atoms with E-state index in [0.717, 1.165) is 33.7 Å². The molecule has 0 atom stereocenters. The first kappa shape index (κ1) is 18.4. The molecule has 8 heteroatoms. The lowest BCUT2D eigenvalue weighted by atomic mass is 9.90. The molecule has 0 fully saturated rings. The van der Waals surface area contributed by atoms with E-state index in [1.165, 1.54) is 0 Å². The molecule has 0 aliphatic heterocycles. The molecular weight excluding hydrogens is 376 g/mol. The third-order valence-electron chi connectivity index (χ3n) is 4.84. The fourth-order valence-electron chi connectivity index (χ4n) is 3.56. The summed E-state index contributed by atoms with van der Waals surface area (Å²) in [6.45, 7) is 0.919. The number of carbonyl (C=O) groups is 2. The van der Waals surface area contributed by atoms with Crippen molar-refractivity contribution in [1.29, 1.82) is 0 Å². The van der Waals surface area contributed by atoms with E-state index >= 15 is 0 Å². The van der Waals surface area contributed by atoms with Gasteiger partial charge in [-0.2, -0.15) is 5.10 Å². The van der Waals surface area contributed by atoms with Crippen LogP contribution in [0.3, 0.4) is 0 Å². The van der Waals surface area contributed by atoms with E-state index in [2.05, 4.69) is 15.4 Å². The van der Waals surface area contributed by atoms with Crippen molar-refractivity contribution in [2.45, 2.75) is 32.2 Å². The summed E-state index contributed by atoms with van der Waals surface area (Å²) in [5.74, 6) is -0.991. The van der Waals surface area contributed by atoms with Gasteiger partial charge in [0.1, 0.15) is 5.69 Å². The zero-order valence-electron chi connectivity index (χ0n) is 15.2. The number of hydrogen-bond acceptors (Lipinski definition) is 5. The predicted molar refractivity (Wildman–Crippen MR) is 105 cm³/mol. The number of carbonyl (C=O) groups excluding carboxylic acids is 1. The molecule has 0 saturated carbocycles.